The van der Waals surface area contributed by atoms with Gasteiger partial charge in [0.05, 0.1) is 5.75 Å². The van der Waals surface area contributed by atoms with Gasteiger partial charge in [-0.2, -0.15) is 0 Å². The van der Waals surface area contributed by atoms with Gasteiger partial charge in [0.2, 0.25) is 0 Å². The molecule has 6 nitrogen and oxygen atoms in total. The van der Waals surface area contributed by atoms with Crippen LogP contribution in [0, 0.1) is 19.7 Å². The predicted octanol–water partition coefficient (Wildman–Crippen LogP) is 5.32. The number of carbonyl (C=O) groups excluding carboxylic acids is 1. The van der Waals surface area contributed by atoms with Gasteiger partial charge in [-0.25, -0.2) is 4.39 Å². The van der Waals surface area contributed by atoms with Gasteiger partial charge in [-0.05, 0) is 52.8 Å². The molecule has 0 radical (unpaired) electrons. The van der Waals surface area contributed by atoms with Gasteiger partial charge in [-0.3, -0.25) is 4.79 Å². The average molecular weight is 418 g/mol. The van der Waals surface area contributed by atoms with E-state index in [1.807, 2.05) is 19.9 Å². The lowest BCUT2D eigenvalue weighted by Gasteiger charge is -2.13. The zero-order valence-corrected chi connectivity index (χ0v) is 17.9. The second-order valence-corrected chi connectivity index (χ2v) is 7.98. The van der Waals surface area contributed by atoms with E-state index in [9.17, 15) is 9.18 Å². The van der Waals surface area contributed by atoms with Crippen LogP contribution < -0.4 is 4.74 Å². The molecule has 0 N–H and O–H groups in total. The molecule has 2 heterocycles. The van der Waals surface area contributed by atoms with Crippen molar-refractivity contribution in [3.63, 3.8) is 0 Å². The lowest BCUT2D eigenvalue weighted by Crippen LogP contribution is -2.08. The van der Waals surface area contributed by atoms with E-state index in [4.69, 9.17) is 9.15 Å². The molecular formula is C21H24FN3O3S. The summed E-state index contributed by atoms with van der Waals surface area (Å²) in [6.45, 7) is 9.83. The van der Waals surface area contributed by atoms with E-state index in [0.717, 1.165) is 11.4 Å². The molecule has 0 unspecified atom stereocenters. The number of aromatic nitrogens is 3. The van der Waals surface area contributed by atoms with Crippen LogP contribution in [-0.2, 0) is 0 Å². The monoisotopic (exact) mass is 417 g/mol. The van der Waals surface area contributed by atoms with Crippen molar-refractivity contribution < 1.29 is 18.3 Å². The minimum atomic E-state index is -0.616. The first-order valence-electron chi connectivity index (χ1n) is 9.37. The minimum Gasteiger partial charge on any atom is -0.478 e. The largest absolute Gasteiger partial charge is 0.478 e. The summed E-state index contributed by atoms with van der Waals surface area (Å²) in [6, 6.07) is 8.33. The highest BCUT2D eigenvalue weighted by Gasteiger charge is 2.20. The smallest absolute Gasteiger partial charge is 0.277 e. The minimum absolute atomic E-state index is 0.00500. The van der Waals surface area contributed by atoms with E-state index in [-0.39, 0.29) is 28.4 Å². The van der Waals surface area contributed by atoms with E-state index in [1.54, 1.807) is 19.1 Å². The van der Waals surface area contributed by atoms with Crippen molar-refractivity contribution in [2.24, 2.45) is 0 Å². The second-order valence-electron chi connectivity index (χ2n) is 7.06. The molecule has 154 valence electrons. The standard InChI is InChI=1S/C21H24FN3O3S/c1-12(2)25-13(3)10-16(14(25)4)18(26)11-29-21-24-23-20(28-21)15(5)27-19-9-7-6-8-17(19)22/h6-10,12,15H,11H2,1-5H3/t15-/m1/s1. The Bertz CT molecular complexity index is 1010. The van der Waals surface area contributed by atoms with Crippen LogP contribution in [-0.4, -0.2) is 26.3 Å². The Morgan fingerprint density at radius 2 is 1.97 bits per heavy atom. The third kappa shape index (κ3) is 4.70. The molecule has 2 aromatic heterocycles. The summed E-state index contributed by atoms with van der Waals surface area (Å²) in [4.78, 5) is 12.7. The van der Waals surface area contributed by atoms with Gasteiger partial charge < -0.3 is 13.7 Å². The Labute approximate surface area is 173 Å². The normalized spacial score (nSPS) is 12.4. The predicted molar refractivity (Wildman–Crippen MR) is 109 cm³/mol. The summed E-state index contributed by atoms with van der Waals surface area (Å²) in [7, 11) is 0. The number of carbonyl (C=O) groups is 1. The maximum absolute atomic E-state index is 13.7. The number of ketones is 1. The van der Waals surface area contributed by atoms with Crippen molar-refractivity contribution in [3.8, 4) is 5.75 Å². The summed E-state index contributed by atoms with van der Waals surface area (Å²) in [5.41, 5.74) is 2.73. The van der Waals surface area contributed by atoms with Gasteiger partial charge in [0.1, 0.15) is 0 Å². The Morgan fingerprint density at radius 1 is 1.24 bits per heavy atom. The molecule has 0 fully saturated rings. The average Bonchev–Trinajstić information content (AvgIpc) is 3.26. The third-order valence-corrected chi connectivity index (χ3v) is 5.36. The molecule has 1 atom stereocenters. The summed E-state index contributed by atoms with van der Waals surface area (Å²) in [5.74, 6) is 0.0692. The van der Waals surface area contributed by atoms with Crippen molar-refractivity contribution >= 4 is 17.5 Å². The maximum Gasteiger partial charge on any atom is 0.277 e. The Hall–Kier alpha value is -2.61. The van der Waals surface area contributed by atoms with Crippen LogP contribution in [0.4, 0.5) is 4.39 Å². The van der Waals surface area contributed by atoms with Crippen LogP contribution in [0.5, 0.6) is 5.75 Å². The van der Waals surface area contributed by atoms with Gasteiger partial charge >= 0.3 is 0 Å². The van der Waals surface area contributed by atoms with Gasteiger partial charge in [0, 0.05) is 23.0 Å². The first-order valence-corrected chi connectivity index (χ1v) is 10.4. The number of hydrogen-bond acceptors (Lipinski definition) is 6. The third-order valence-electron chi connectivity index (χ3n) is 4.54. The highest BCUT2D eigenvalue weighted by atomic mass is 32.2. The van der Waals surface area contributed by atoms with Crippen molar-refractivity contribution in [2.75, 3.05) is 5.75 Å². The summed E-state index contributed by atoms with van der Waals surface area (Å²) in [6.07, 6.45) is -0.616. The van der Waals surface area contributed by atoms with Crippen LogP contribution in [0.3, 0.4) is 0 Å². The highest BCUT2D eigenvalue weighted by Crippen LogP contribution is 2.27. The lowest BCUT2D eigenvalue weighted by atomic mass is 10.2. The van der Waals surface area contributed by atoms with E-state index >= 15 is 0 Å². The molecule has 0 amide bonds. The molecule has 3 aromatic rings. The van der Waals surface area contributed by atoms with E-state index in [0.29, 0.717) is 11.6 Å². The number of hydrogen-bond donors (Lipinski definition) is 0. The number of halogens is 1. The number of rotatable bonds is 8. The van der Waals surface area contributed by atoms with Crippen LogP contribution in [0.1, 0.15) is 60.6 Å². The lowest BCUT2D eigenvalue weighted by molar-refractivity contribution is 0.102. The zero-order valence-electron chi connectivity index (χ0n) is 17.1. The van der Waals surface area contributed by atoms with Gasteiger partial charge in [-0.1, -0.05) is 23.9 Å². The molecule has 0 spiro atoms. The molecule has 0 saturated heterocycles. The fourth-order valence-corrected chi connectivity index (χ4v) is 3.94. The highest BCUT2D eigenvalue weighted by molar-refractivity contribution is 7.99. The molecule has 0 aliphatic carbocycles. The number of ether oxygens (including phenoxy) is 1. The molecule has 3 rings (SSSR count). The molecule has 0 aliphatic heterocycles. The quantitative estimate of drug-likeness (QED) is 0.365. The Kier molecular flexibility index (Phi) is 6.42. The summed E-state index contributed by atoms with van der Waals surface area (Å²) in [5, 5.41) is 8.18. The topological polar surface area (TPSA) is 70.2 Å². The van der Waals surface area contributed by atoms with E-state index in [1.165, 1.54) is 23.9 Å². The molecule has 0 saturated carbocycles. The number of nitrogens with zero attached hydrogens (tertiary/aromatic N) is 3. The number of Topliss-reactive ketones (excluding diaryl/α,β-unsaturated/α-hetero) is 1. The van der Waals surface area contributed by atoms with Gasteiger partial charge in [0.15, 0.2) is 23.5 Å². The van der Waals surface area contributed by atoms with Crippen LogP contribution >= 0.6 is 11.8 Å². The number of para-hydroxylation sites is 1. The summed E-state index contributed by atoms with van der Waals surface area (Å²) < 4.78 is 27.0. The van der Waals surface area contributed by atoms with Crippen LogP contribution in [0.15, 0.2) is 40.0 Å². The molecule has 0 aliphatic rings. The fraction of sp³-hybridized carbons (Fsp3) is 0.381. The molecule has 0 bridgehead atoms. The Balaban J connectivity index is 1.63. The Morgan fingerprint density at radius 3 is 2.62 bits per heavy atom. The number of benzene rings is 1. The summed E-state index contributed by atoms with van der Waals surface area (Å²) >= 11 is 1.17. The number of aryl methyl sites for hydroxylation is 1. The first kappa shape index (κ1) is 21.1. The maximum atomic E-state index is 13.7. The first-order chi connectivity index (χ1) is 13.8. The molecular weight excluding hydrogens is 393 g/mol. The fourth-order valence-electron chi connectivity index (χ4n) is 3.28. The van der Waals surface area contributed by atoms with Gasteiger partial charge in [0.25, 0.3) is 11.1 Å². The van der Waals surface area contributed by atoms with Crippen LogP contribution in [0.2, 0.25) is 0 Å². The second kappa shape index (κ2) is 8.82. The van der Waals surface area contributed by atoms with E-state index in [2.05, 4.69) is 28.6 Å². The molecule has 29 heavy (non-hydrogen) atoms. The molecule has 8 heteroatoms. The van der Waals surface area contributed by atoms with Crippen molar-refractivity contribution in [1.82, 2.24) is 14.8 Å². The van der Waals surface area contributed by atoms with Crippen LogP contribution in [0.25, 0.3) is 0 Å². The van der Waals surface area contributed by atoms with E-state index < -0.39 is 11.9 Å². The number of thioether (sulfide) groups is 1. The molecule has 1 aromatic carbocycles. The van der Waals surface area contributed by atoms with Gasteiger partial charge in [-0.15, -0.1) is 10.2 Å². The van der Waals surface area contributed by atoms with Crippen molar-refractivity contribution in [2.45, 2.75) is 52.0 Å². The zero-order chi connectivity index (χ0) is 21.1. The van der Waals surface area contributed by atoms with Crippen molar-refractivity contribution in [3.05, 3.63) is 59.0 Å². The SMILES string of the molecule is Cc1cc(C(=O)CSc2nnc([C@@H](C)Oc3ccccc3F)o2)c(C)n1C(C)C. The van der Waals surface area contributed by atoms with Crippen molar-refractivity contribution in [1.29, 1.82) is 0 Å².